The van der Waals surface area contributed by atoms with Crippen molar-refractivity contribution in [3.8, 4) is 12.0 Å². The van der Waals surface area contributed by atoms with E-state index in [0.29, 0.717) is 18.6 Å². The summed E-state index contributed by atoms with van der Waals surface area (Å²) in [6.07, 6.45) is 0.920. The van der Waals surface area contributed by atoms with Crippen molar-refractivity contribution in [2.75, 3.05) is 39.1 Å². The van der Waals surface area contributed by atoms with Crippen LogP contribution in [-0.2, 0) is 0 Å². The molecule has 1 N–H and O–H groups in total. The fraction of sp³-hybridized carbons (Fsp3) is 0.769. The Balaban J connectivity index is 2.65. The lowest BCUT2D eigenvalue weighted by Gasteiger charge is -2.12. The number of hydrogen-bond acceptors (Lipinski definition) is 7. The van der Waals surface area contributed by atoms with E-state index >= 15 is 0 Å². The first-order valence-corrected chi connectivity index (χ1v) is 6.95. The molecule has 1 rings (SSSR count). The Morgan fingerprint density at radius 1 is 1.15 bits per heavy atom. The molecule has 0 aliphatic heterocycles. The Morgan fingerprint density at radius 2 is 1.85 bits per heavy atom. The molecule has 0 aliphatic rings. The lowest BCUT2D eigenvalue weighted by Crippen LogP contribution is -2.17. The zero-order chi connectivity index (χ0) is 15.0. The Bertz CT molecular complexity index is 398. The molecular formula is C13H25N5O2. The Morgan fingerprint density at radius 3 is 2.45 bits per heavy atom. The summed E-state index contributed by atoms with van der Waals surface area (Å²) >= 11 is 0. The quantitative estimate of drug-likeness (QED) is 0.687. The minimum absolute atomic E-state index is 0.00784. The summed E-state index contributed by atoms with van der Waals surface area (Å²) in [4.78, 5) is 14.6. The molecule has 0 saturated carbocycles. The van der Waals surface area contributed by atoms with Crippen molar-refractivity contribution in [1.29, 1.82) is 0 Å². The summed E-state index contributed by atoms with van der Waals surface area (Å²) in [6.45, 7) is 8.08. The van der Waals surface area contributed by atoms with Crippen LogP contribution in [0, 0.1) is 0 Å². The lowest BCUT2D eigenvalue weighted by atomic mass is 10.4. The van der Waals surface area contributed by atoms with Gasteiger partial charge in [0.25, 0.3) is 0 Å². The second kappa shape index (κ2) is 8.52. The number of rotatable bonds is 9. The van der Waals surface area contributed by atoms with Gasteiger partial charge in [-0.05, 0) is 41.3 Å². The molecule has 1 aromatic heterocycles. The first kappa shape index (κ1) is 16.4. The molecule has 20 heavy (non-hydrogen) atoms. The van der Waals surface area contributed by atoms with Gasteiger partial charge in [-0.25, -0.2) is 0 Å². The third-order valence-electron chi connectivity index (χ3n) is 2.25. The average molecular weight is 283 g/mol. The van der Waals surface area contributed by atoms with Crippen molar-refractivity contribution >= 4 is 5.95 Å². The molecule has 7 heteroatoms. The second-order valence-corrected chi connectivity index (χ2v) is 4.93. The number of hydrogen-bond donors (Lipinski definition) is 1. The van der Waals surface area contributed by atoms with E-state index in [4.69, 9.17) is 9.47 Å². The van der Waals surface area contributed by atoms with Gasteiger partial charge in [0.2, 0.25) is 5.95 Å². The van der Waals surface area contributed by atoms with Crippen LogP contribution in [-0.4, -0.2) is 59.7 Å². The second-order valence-electron chi connectivity index (χ2n) is 4.93. The maximum absolute atomic E-state index is 5.56. The van der Waals surface area contributed by atoms with Crippen molar-refractivity contribution in [2.24, 2.45) is 0 Å². The van der Waals surface area contributed by atoms with Crippen LogP contribution in [0.15, 0.2) is 0 Å². The molecule has 1 heterocycles. The van der Waals surface area contributed by atoms with E-state index in [1.807, 2.05) is 34.9 Å². The highest BCUT2D eigenvalue weighted by Gasteiger charge is 2.09. The van der Waals surface area contributed by atoms with Gasteiger partial charge in [0.15, 0.2) is 0 Å². The van der Waals surface area contributed by atoms with Gasteiger partial charge in [0.1, 0.15) is 0 Å². The van der Waals surface area contributed by atoms with Gasteiger partial charge in [-0.15, -0.1) is 4.98 Å². The fourth-order valence-corrected chi connectivity index (χ4v) is 1.45. The molecule has 0 spiro atoms. The summed E-state index contributed by atoms with van der Waals surface area (Å²) in [5.74, 6) is 0.473. The van der Waals surface area contributed by atoms with Crippen molar-refractivity contribution < 1.29 is 9.47 Å². The Kier molecular flexibility index (Phi) is 7.00. The van der Waals surface area contributed by atoms with Crippen LogP contribution in [0.1, 0.15) is 27.2 Å². The first-order chi connectivity index (χ1) is 9.51. The van der Waals surface area contributed by atoms with Crippen LogP contribution in [0.3, 0.4) is 0 Å². The van der Waals surface area contributed by atoms with Gasteiger partial charge >= 0.3 is 12.0 Å². The van der Waals surface area contributed by atoms with Crippen molar-refractivity contribution in [1.82, 2.24) is 19.9 Å². The van der Waals surface area contributed by atoms with E-state index in [1.165, 1.54) is 0 Å². The number of anilines is 1. The molecule has 114 valence electrons. The van der Waals surface area contributed by atoms with Crippen LogP contribution in [0.25, 0.3) is 0 Å². The maximum atomic E-state index is 5.56. The summed E-state index contributed by atoms with van der Waals surface area (Å²) in [5, 5.41) is 3.04. The van der Waals surface area contributed by atoms with Gasteiger partial charge in [0.05, 0.1) is 12.7 Å². The van der Waals surface area contributed by atoms with Crippen LogP contribution in [0.2, 0.25) is 0 Å². The predicted octanol–water partition coefficient (Wildman–Crippen LogP) is 1.42. The summed E-state index contributed by atoms with van der Waals surface area (Å²) in [5.41, 5.74) is 0. The van der Waals surface area contributed by atoms with E-state index in [2.05, 4.69) is 25.2 Å². The zero-order valence-corrected chi connectivity index (χ0v) is 13.0. The smallest absolute Gasteiger partial charge is 0.324 e. The van der Waals surface area contributed by atoms with E-state index in [0.717, 1.165) is 19.5 Å². The molecule has 7 nitrogen and oxygen atoms in total. The Labute approximate surface area is 120 Å². The molecule has 0 fully saturated rings. The third-order valence-corrected chi connectivity index (χ3v) is 2.25. The van der Waals surface area contributed by atoms with Crippen molar-refractivity contribution in [3.63, 3.8) is 0 Å². The summed E-state index contributed by atoms with van der Waals surface area (Å²) in [6, 6.07) is 0.582. The minimum Gasteiger partial charge on any atom is -0.463 e. The molecule has 0 atom stereocenters. The molecule has 0 radical (unpaired) electrons. The van der Waals surface area contributed by atoms with Crippen LogP contribution >= 0.6 is 0 Å². The molecule has 0 saturated heterocycles. The topological polar surface area (TPSA) is 72.4 Å². The number of nitrogens with one attached hydrogen (secondary N) is 1. The van der Waals surface area contributed by atoms with E-state index < -0.39 is 0 Å². The Hall–Kier alpha value is -1.63. The zero-order valence-electron chi connectivity index (χ0n) is 13.0. The van der Waals surface area contributed by atoms with Gasteiger partial charge in [-0.3, -0.25) is 0 Å². The monoisotopic (exact) mass is 283 g/mol. The molecule has 0 amide bonds. The number of ether oxygens (including phenoxy) is 2. The molecular weight excluding hydrogens is 258 g/mol. The number of aromatic nitrogens is 3. The molecule has 0 unspecified atom stereocenters. The first-order valence-electron chi connectivity index (χ1n) is 6.95. The number of nitrogens with zero attached hydrogens (tertiary/aromatic N) is 4. The molecule has 1 aromatic rings. The lowest BCUT2D eigenvalue weighted by molar-refractivity contribution is 0.211. The molecule has 0 aromatic carbocycles. The van der Waals surface area contributed by atoms with E-state index in [1.54, 1.807) is 0 Å². The average Bonchev–Trinajstić information content (AvgIpc) is 2.34. The van der Waals surface area contributed by atoms with E-state index in [9.17, 15) is 0 Å². The highest BCUT2D eigenvalue weighted by Crippen LogP contribution is 2.14. The van der Waals surface area contributed by atoms with Gasteiger partial charge in [-0.1, -0.05) is 0 Å². The minimum atomic E-state index is 0.00784. The summed E-state index contributed by atoms with van der Waals surface area (Å²) < 4.78 is 11.1. The van der Waals surface area contributed by atoms with Gasteiger partial charge < -0.3 is 19.7 Å². The SMILES string of the molecule is CCNc1nc(OCCCN(C)C)nc(OC(C)C)n1. The van der Waals surface area contributed by atoms with Crippen LogP contribution < -0.4 is 14.8 Å². The fourth-order valence-electron chi connectivity index (χ4n) is 1.45. The van der Waals surface area contributed by atoms with Gasteiger partial charge in [-0.2, -0.15) is 9.97 Å². The van der Waals surface area contributed by atoms with Crippen LogP contribution in [0.5, 0.6) is 12.0 Å². The van der Waals surface area contributed by atoms with Crippen molar-refractivity contribution in [2.45, 2.75) is 33.3 Å². The van der Waals surface area contributed by atoms with Crippen molar-refractivity contribution in [3.05, 3.63) is 0 Å². The standard InChI is InChI=1S/C13H25N5O2/c1-6-14-11-15-12(19-9-7-8-18(4)5)17-13(16-11)20-10(2)3/h10H,6-9H2,1-5H3,(H,14,15,16,17). The molecule has 0 aliphatic carbocycles. The normalized spacial score (nSPS) is 10.9. The van der Waals surface area contributed by atoms with E-state index in [-0.39, 0.29) is 12.1 Å². The predicted molar refractivity (Wildman–Crippen MR) is 78.4 cm³/mol. The third kappa shape index (κ3) is 6.51. The largest absolute Gasteiger partial charge is 0.463 e. The van der Waals surface area contributed by atoms with Gasteiger partial charge in [0, 0.05) is 13.1 Å². The highest BCUT2D eigenvalue weighted by atomic mass is 16.5. The maximum Gasteiger partial charge on any atom is 0.324 e. The van der Waals surface area contributed by atoms with Crippen LogP contribution in [0.4, 0.5) is 5.95 Å². The summed E-state index contributed by atoms with van der Waals surface area (Å²) in [7, 11) is 4.06. The molecule has 0 bridgehead atoms. The highest BCUT2D eigenvalue weighted by molar-refractivity contribution is 5.27.